The number of halogens is 3. The van der Waals surface area contributed by atoms with Crippen LogP contribution in [0.5, 0.6) is 0 Å². The molecular formula is C11H12F3NO. The molecule has 0 heterocycles. The fourth-order valence-electron chi connectivity index (χ4n) is 1.75. The van der Waals surface area contributed by atoms with Gasteiger partial charge in [-0.15, -0.1) is 0 Å². The molecule has 1 atom stereocenters. The van der Waals surface area contributed by atoms with Gasteiger partial charge in [0, 0.05) is 0 Å². The van der Waals surface area contributed by atoms with Gasteiger partial charge < -0.3 is 0 Å². The molecule has 0 aliphatic heterocycles. The molecule has 1 aliphatic rings. The maximum atomic E-state index is 12.5. The quantitative estimate of drug-likeness (QED) is 0.811. The minimum Gasteiger partial charge on any atom is -0.296 e. The Balaban J connectivity index is 2.27. The summed E-state index contributed by atoms with van der Waals surface area (Å²) in [4.78, 5) is 4.76. The zero-order valence-electron chi connectivity index (χ0n) is 8.50. The van der Waals surface area contributed by atoms with Crippen LogP contribution in [-0.2, 0) is 11.0 Å². The first-order chi connectivity index (χ1) is 7.52. The van der Waals surface area contributed by atoms with E-state index in [0.29, 0.717) is 5.56 Å². The third-order valence-electron chi connectivity index (χ3n) is 2.74. The summed E-state index contributed by atoms with van der Waals surface area (Å²) in [6.45, 7) is 0. The molecule has 0 bridgehead atoms. The molecule has 0 radical (unpaired) electrons. The molecule has 2 N–H and O–H groups in total. The van der Waals surface area contributed by atoms with Crippen molar-refractivity contribution in [1.82, 2.24) is 0 Å². The summed E-state index contributed by atoms with van der Waals surface area (Å²) >= 11 is 0. The van der Waals surface area contributed by atoms with E-state index in [0.717, 1.165) is 25.0 Å². The van der Waals surface area contributed by atoms with E-state index in [4.69, 9.17) is 10.7 Å². The Hall–Kier alpha value is -1.07. The third kappa shape index (κ3) is 2.36. The van der Waals surface area contributed by atoms with Crippen molar-refractivity contribution in [2.24, 2.45) is 11.8 Å². The average Bonchev–Trinajstić information content (AvgIpc) is 3.02. The first kappa shape index (κ1) is 11.4. The molecule has 1 saturated carbocycles. The van der Waals surface area contributed by atoms with Gasteiger partial charge in [0.25, 0.3) is 0 Å². The number of alkyl halides is 3. The predicted octanol–water partition coefficient (Wildman–Crippen LogP) is 3.05. The summed E-state index contributed by atoms with van der Waals surface area (Å²) in [7, 11) is 0. The number of nitrogens with two attached hydrogens (primary N) is 1. The van der Waals surface area contributed by atoms with Crippen molar-refractivity contribution < 1.29 is 18.0 Å². The molecule has 1 aromatic rings. The molecule has 1 aliphatic carbocycles. The van der Waals surface area contributed by atoms with E-state index in [2.05, 4.69) is 0 Å². The van der Waals surface area contributed by atoms with Crippen LogP contribution in [0.1, 0.15) is 30.1 Å². The highest BCUT2D eigenvalue weighted by Crippen LogP contribution is 2.43. The Morgan fingerprint density at radius 2 is 2.00 bits per heavy atom. The topological polar surface area (TPSA) is 35.2 Å². The van der Waals surface area contributed by atoms with Crippen LogP contribution in [0.25, 0.3) is 0 Å². The second-order valence-electron chi connectivity index (χ2n) is 4.02. The molecule has 0 aromatic heterocycles. The summed E-state index contributed by atoms with van der Waals surface area (Å²) < 4.78 is 37.4. The molecule has 0 saturated heterocycles. The van der Waals surface area contributed by atoms with Crippen molar-refractivity contribution in [3.05, 3.63) is 35.4 Å². The van der Waals surface area contributed by atoms with E-state index in [-0.39, 0.29) is 5.92 Å². The lowest BCUT2D eigenvalue weighted by molar-refractivity contribution is -0.137. The molecule has 1 aromatic carbocycles. The molecule has 1 fully saturated rings. The molecule has 88 valence electrons. The van der Waals surface area contributed by atoms with Crippen LogP contribution >= 0.6 is 0 Å². The van der Waals surface area contributed by atoms with Crippen LogP contribution in [0.15, 0.2) is 24.3 Å². The number of hydrogen-bond acceptors (Lipinski definition) is 2. The van der Waals surface area contributed by atoms with E-state index >= 15 is 0 Å². The van der Waals surface area contributed by atoms with Gasteiger partial charge in [-0.05, 0) is 36.5 Å². The molecule has 2 rings (SSSR count). The highest BCUT2D eigenvalue weighted by atomic mass is 19.4. The van der Waals surface area contributed by atoms with Crippen LogP contribution in [0.3, 0.4) is 0 Å². The molecule has 5 heteroatoms. The summed E-state index contributed by atoms with van der Waals surface area (Å²) in [6.07, 6.45) is -2.82. The lowest BCUT2D eigenvalue weighted by Gasteiger charge is -2.15. The fourth-order valence-corrected chi connectivity index (χ4v) is 1.75. The smallest absolute Gasteiger partial charge is 0.296 e. The largest absolute Gasteiger partial charge is 0.416 e. The average molecular weight is 231 g/mol. The first-order valence-electron chi connectivity index (χ1n) is 5.05. The van der Waals surface area contributed by atoms with Gasteiger partial charge in [-0.3, -0.25) is 4.84 Å². The van der Waals surface area contributed by atoms with E-state index in [1.54, 1.807) is 6.07 Å². The van der Waals surface area contributed by atoms with Crippen LogP contribution in [0.2, 0.25) is 0 Å². The third-order valence-corrected chi connectivity index (χ3v) is 2.74. The molecular weight excluding hydrogens is 219 g/mol. The Morgan fingerprint density at radius 3 is 2.50 bits per heavy atom. The Bertz CT molecular complexity index is 374. The van der Waals surface area contributed by atoms with Gasteiger partial charge >= 0.3 is 6.18 Å². The minimum atomic E-state index is -4.32. The second-order valence-corrected chi connectivity index (χ2v) is 4.02. The van der Waals surface area contributed by atoms with Crippen LogP contribution in [0, 0.1) is 5.92 Å². The van der Waals surface area contributed by atoms with Crippen molar-refractivity contribution >= 4 is 0 Å². The minimum absolute atomic E-state index is 0.258. The van der Waals surface area contributed by atoms with Crippen molar-refractivity contribution in [2.45, 2.75) is 25.1 Å². The predicted molar refractivity (Wildman–Crippen MR) is 52.2 cm³/mol. The monoisotopic (exact) mass is 231 g/mol. The summed E-state index contributed by atoms with van der Waals surface area (Å²) in [5.74, 6) is 5.38. The van der Waals surface area contributed by atoms with Crippen LogP contribution in [-0.4, -0.2) is 0 Å². The van der Waals surface area contributed by atoms with E-state index < -0.39 is 17.8 Å². The number of benzene rings is 1. The normalized spacial score (nSPS) is 18.5. The maximum absolute atomic E-state index is 12.5. The first-order valence-corrected chi connectivity index (χ1v) is 5.05. The highest BCUT2D eigenvalue weighted by Gasteiger charge is 2.35. The van der Waals surface area contributed by atoms with Crippen molar-refractivity contribution in [2.75, 3.05) is 0 Å². The van der Waals surface area contributed by atoms with Gasteiger partial charge in [0.2, 0.25) is 0 Å². The van der Waals surface area contributed by atoms with Gasteiger partial charge in [-0.25, -0.2) is 5.90 Å². The zero-order valence-corrected chi connectivity index (χ0v) is 8.50. The fraction of sp³-hybridized carbons (Fsp3) is 0.455. The molecule has 0 spiro atoms. The number of hydrogen-bond donors (Lipinski definition) is 1. The highest BCUT2D eigenvalue weighted by molar-refractivity contribution is 5.28. The SMILES string of the molecule is NOC(c1cccc(C(F)(F)F)c1)C1CC1. The van der Waals surface area contributed by atoms with Gasteiger partial charge in [0.15, 0.2) is 0 Å². The van der Waals surface area contributed by atoms with Crippen molar-refractivity contribution in [1.29, 1.82) is 0 Å². The molecule has 16 heavy (non-hydrogen) atoms. The summed E-state index contributed by atoms with van der Waals surface area (Å²) in [5.41, 5.74) is -0.160. The van der Waals surface area contributed by atoms with Crippen LogP contribution in [0.4, 0.5) is 13.2 Å². The Labute approximate surface area is 91.2 Å². The Morgan fingerprint density at radius 1 is 1.31 bits per heavy atom. The lowest BCUT2D eigenvalue weighted by Crippen LogP contribution is -2.13. The van der Waals surface area contributed by atoms with Crippen molar-refractivity contribution in [3.63, 3.8) is 0 Å². The van der Waals surface area contributed by atoms with Crippen LogP contribution < -0.4 is 5.90 Å². The molecule has 2 nitrogen and oxygen atoms in total. The maximum Gasteiger partial charge on any atom is 0.416 e. The van der Waals surface area contributed by atoms with Crippen molar-refractivity contribution in [3.8, 4) is 0 Å². The molecule has 0 amide bonds. The van der Waals surface area contributed by atoms with E-state index in [1.165, 1.54) is 6.07 Å². The van der Waals surface area contributed by atoms with Gasteiger partial charge in [-0.2, -0.15) is 13.2 Å². The van der Waals surface area contributed by atoms with E-state index in [1.807, 2.05) is 0 Å². The van der Waals surface area contributed by atoms with Gasteiger partial charge in [0.1, 0.15) is 6.10 Å². The zero-order chi connectivity index (χ0) is 11.8. The Kier molecular flexibility index (Phi) is 2.90. The lowest BCUT2D eigenvalue weighted by atomic mass is 10.0. The summed E-state index contributed by atoms with van der Waals surface area (Å²) in [6, 6.07) is 5.15. The number of rotatable bonds is 3. The van der Waals surface area contributed by atoms with Gasteiger partial charge in [-0.1, -0.05) is 12.1 Å². The van der Waals surface area contributed by atoms with E-state index in [9.17, 15) is 13.2 Å². The van der Waals surface area contributed by atoms with Gasteiger partial charge in [0.05, 0.1) is 5.56 Å². The standard InChI is InChI=1S/C11H12F3NO/c12-11(13,14)9-3-1-2-8(6-9)10(16-15)7-4-5-7/h1-3,6-7,10H,4-5,15H2. The second kappa shape index (κ2) is 4.07. The summed E-state index contributed by atoms with van der Waals surface area (Å²) in [5, 5.41) is 0. The molecule has 1 unspecified atom stereocenters.